The van der Waals surface area contributed by atoms with Gasteiger partial charge >= 0.3 is 0 Å². The Bertz CT molecular complexity index is 694. The fraction of sp³-hybridized carbons (Fsp3) is 0.389. The molecule has 1 atom stereocenters. The highest BCUT2D eigenvalue weighted by atomic mass is 127. The Hall–Kier alpha value is -1.03. The van der Waals surface area contributed by atoms with Crippen LogP contribution in [0, 0.1) is 0 Å². The van der Waals surface area contributed by atoms with E-state index < -0.39 is 6.10 Å². The highest BCUT2D eigenvalue weighted by Crippen LogP contribution is 2.27. The van der Waals surface area contributed by atoms with Crippen LogP contribution < -0.4 is 10.1 Å². The SMILES string of the molecule is CCNC(=NCC(O)c1ccc(Cl)s1)N(C)Cc1ccc(OC)cc1.I. The van der Waals surface area contributed by atoms with Gasteiger partial charge < -0.3 is 20.1 Å². The molecule has 0 bridgehead atoms. The Morgan fingerprint density at radius 1 is 1.31 bits per heavy atom. The highest BCUT2D eigenvalue weighted by Gasteiger charge is 2.12. The van der Waals surface area contributed by atoms with Crippen LogP contribution in [0.3, 0.4) is 0 Å². The lowest BCUT2D eigenvalue weighted by Crippen LogP contribution is -2.38. The first-order chi connectivity index (χ1) is 12.0. The number of hydrogen-bond acceptors (Lipinski definition) is 4. The molecule has 0 fully saturated rings. The van der Waals surface area contributed by atoms with Crippen LogP contribution >= 0.6 is 46.9 Å². The molecular weight excluding hydrogens is 485 g/mol. The van der Waals surface area contributed by atoms with Crippen molar-refractivity contribution in [1.82, 2.24) is 10.2 Å². The molecule has 1 unspecified atom stereocenters. The lowest BCUT2D eigenvalue weighted by Gasteiger charge is -2.22. The van der Waals surface area contributed by atoms with Gasteiger partial charge in [0.05, 0.1) is 18.0 Å². The van der Waals surface area contributed by atoms with E-state index in [1.54, 1.807) is 13.2 Å². The van der Waals surface area contributed by atoms with Crippen molar-refractivity contribution in [2.45, 2.75) is 19.6 Å². The second kappa shape index (κ2) is 11.6. The molecule has 1 aromatic heterocycles. The Labute approximate surface area is 181 Å². The maximum absolute atomic E-state index is 10.3. The molecule has 0 radical (unpaired) electrons. The van der Waals surface area contributed by atoms with Crippen LogP contribution in [0.25, 0.3) is 0 Å². The standard InChI is InChI=1S/C18H24ClN3O2S.HI/c1-4-20-18(21-11-15(23)16-9-10-17(19)25-16)22(2)12-13-5-7-14(24-3)8-6-13;/h5-10,15,23H,4,11-12H2,1-3H3,(H,20,21);1H. The minimum absolute atomic E-state index is 0. The van der Waals surface area contributed by atoms with Crippen LogP contribution in [0.15, 0.2) is 41.4 Å². The van der Waals surface area contributed by atoms with Crippen LogP contribution in [-0.2, 0) is 6.54 Å². The molecule has 0 amide bonds. The van der Waals surface area contributed by atoms with Crippen LogP contribution in [0.1, 0.15) is 23.5 Å². The Kier molecular flexibility index (Phi) is 10.3. The Balaban J connectivity index is 0.00000338. The zero-order valence-corrected chi connectivity index (χ0v) is 19.0. The smallest absolute Gasteiger partial charge is 0.194 e. The lowest BCUT2D eigenvalue weighted by molar-refractivity contribution is 0.190. The molecule has 0 spiro atoms. The summed E-state index contributed by atoms with van der Waals surface area (Å²) in [4.78, 5) is 7.40. The van der Waals surface area contributed by atoms with E-state index in [0.717, 1.165) is 28.7 Å². The molecule has 0 aliphatic carbocycles. The van der Waals surface area contributed by atoms with E-state index in [4.69, 9.17) is 16.3 Å². The molecule has 5 nitrogen and oxygen atoms in total. The summed E-state index contributed by atoms with van der Waals surface area (Å²) in [6.07, 6.45) is -0.652. The van der Waals surface area contributed by atoms with Gasteiger partial charge in [0.2, 0.25) is 0 Å². The average molecular weight is 510 g/mol. The van der Waals surface area contributed by atoms with Gasteiger partial charge in [-0.1, -0.05) is 23.7 Å². The fourth-order valence-corrected chi connectivity index (χ4v) is 3.36. The van der Waals surface area contributed by atoms with Gasteiger partial charge in [0, 0.05) is 25.0 Å². The number of benzene rings is 1. The van der Waals surface area contributed by atoms with Gasteiger partial charge in [0.15, 0.2) is 5.96 Å². The Morgan fingerprint density at radius 3 is 2.54 bits per heavy atom. The largest absolute Gasteiger partial charge is 0.497 e. The summed E-state index contributed by atoms with van der Waals surface area (Å²) in [5.41, 5.74) is 1.15. The number of aliphatic hydroxyl groups excluding tert-OH is 1. The van der Waals surface area contributed by atoms with Crippen LogP contribution in [-0.4, -0.2) is 43.2 Å². The van der Waals surface area contributed by atoms with Gasteiger partial charge in [-0.3, -0.25) is 4.99 Å². The molecule has 0 aliphatic heterocycles. The van der Waals surface area contributed by atoms with E-state index in [0.29, 0.717) is 10.9 Å². The van der Waals surface area contributed by atoms with Crippen molar-refractivity contribution in [2.75, 3.05) is 27.2 Å². The zero-order valence-electron chi connectivity index (χ0n) is 15.1. The first kappa shape index (κ1) is 23.0. The zero-order chi connectivity index (χ0) is 18.2. The van der Waals surface area contributed by atoms with E-state index >= 15 is 0 Å². The molecule has 8 heteroatoms. The molecule has 2 rings (SSSR count). The summed E-state index contributed by atoms with van der Waals surface area (Å²) in [5, 5.41) is 13.5. The van der Waals surface area contributed by atoms with Crippen LogP contribution in [0.4, 0.5) is 0 Å². The number of ether oxygens (including phenoxy) is 1. The van der Waals surface area contributed by atoms with Gasteiger partial charge in [-0.25, -0.2) is 0 Å². The summed E-state index contributed by atoms with van der Waals surface area (Å²) in [7, 11) is 3.63. The summed E-state index contributed by atoms with van der Waals surface area (Å²) >= 11 is 7.30. The topological polar surface area (TPSA) is 57.1 Å². The van der Waals surface area contributed by atoms with E-state index in [2.05, 4.69) is 10.3 Å². The molecule has 1 heterocycles. The van der Waals surface area contributed by atoms with Gasteiger partial charge in [-0.05, 0) is 36.8 Å². The van der Waals surface area contributed by atoms with E-state index in [9.17, 15) is 5.11 Å². The number of methoxy groups -OCH3 is 1. The van der Waals surface area contributed by atoms with Gasteiger partial charge in [-0.2, -0.15) is 0 Å². The third-order valence-electron chi connectivity index (χ3n) is 3.61. The predicted octanol–water partition coefficient (Wildman–Crippen LogP) is 4.16. The number of halogens is 2. The molecule has 26 heavy (non-hydrogen) atoms. The maximum atomic E-state index is 10.3. The average Bonchev–Trinajstić information content (AvgIpc) is 3.05. The second-order valence-electron chi connectivity index (χ2n) is 5.56. The fourth-order valence-electron chi connectivity index (χ4n) is 2.32. The van der Waals surface area contributed by atoms with Gasteiger partial charge in [0.1, 0.15) is 11.9 Å². The van der Waals surface area contributed by atoms with Crippen molar-refractivity contribution in [2.24, 2.45) is 4.99 Å². The number of rotatable bonds is 7. The van der Waals surface area contributed by atoms with E-state index in [1.165, 1.54) is 11.3 Å². The van der Waals surface area contributed by atoms with E-state index in [1.807, 2.05) is 49.2 Å². The monoisotopic (exact) mass is 509 g/mol. The lowest BCUT2D eigenvalue weighted by atomic mass is 10.2. The molecular formula is C18H25ClIN3O2S. The first-order valence-corrected chi connectivity index (χ1v) is 9.28. The number of aliphatic hydroxyl groups is 1. The Morgan fingerprint density at radius 2 is 2.00 bits per heavy atom. The van der Waals surface area contributed by atoms with Crippen molar-refractivity contribution in [3.05, 3.63) is 51.2 Å². The van der Waals surface area contributed by atoms with Crippen molar-refractivity contribution in [3.8, 4) is 5.75 Å². The second-order valence-corrected chi connectivity index (χ2v) is 7.30. The van der Waals surface area contributed by atoms with Crippen LogP contribution in [0.2, 0.25) is 4.34 Å². The molecule has 1 aromatic carbocycles. The van der Waals surface area contributed by atoms with Crippen molar-refractivity contribution in [1.29, 1.82) is 0 Å². The number of nitrogens with one attached hydrogen (secondary N) is 1. The van der Waals surface area contributed by atoms with Gasteiger partial charge in [-0.15, -0.1) is 35.3 Å². The summed E-state index contributed by atoms with van der Waals surface area (Å²) in [5.74, 6) is 1.59. The number of guanidine groups is 1. The van der Waals surface area contributed by atoms with Crippen molar-refractivity contribution < 1.29 is 9.84 Å². The highest BCUT2D eigenvalue weighted by molar-refractivity contribution is 14.0. The minimum Gasteiger partial charge on any atom is -0.497 e. The summed E-state index contributed by atoms with van der Waals surface area (Å²) in [6, 6.07) is 11.6. The third-order valence-corrected chi connectivity index (χ3v) is 4.94. The van der Waals surface area contributed by atoms with Crippen molar-refractivity contribution in [3.63, 3.8) is 0 Å². The quantitative estimate of drug-likeness (QED) is 0.334. The first-order valence-electron chi connectivity index (χ1n) is 8.09. The molecule has 0 aliphatic rings. The van der Waals surface area contributed by atoms with E-state index in [-0.39, 0.29) is 30.5 Å². The predicted molar refractivity (Wildman–Crippen MR) is 120 cm³/mol. The molecule has 2 N–H and O–H groups in total. The van der Waals surface area contributed by atoms with Crippen LogP contribution in [0.5, 0.6) is 5.75 Å². The molecule has 0 saturated heterocycles. The normalized spacial score (nSPS) is 12.3. The molecule has 2 aromatic rings. The number of aliphatic imine (C=N–C) groups is 1. The number of thiophene rings is 1. The molecule has 144 valence electrons. The summed E-state index contributed by atoms with van der Waals surface area (Å²) in [6.45, 7) is 3.77. The number of hydrogen-bond donors (Lipinski definition) is 2. The third kappa shape index (κ3) is 6.94. The molecule has 0 saturated carbocycles. The maximum Gasteiger partial charge on any atom is 0.194 e. The van der Waals surface area contributed by atoms with Gasteiger partial charge in [0.25, 0.3) is 0 Å². The minimum atomic E-state index is -0.652. The number of nitrogens with zero attached hydrogens (tertiary/aromatic N) is 2. The van der Waals surface area contributed by atoms with Crippen molar-refractivity contribution >= 4 is 52.9 Å². The summed E-state index contributed by atoms with van der Waals surface area (Å²) < 4.78 is 5.85.